The average Bonchev–Trinajstić information content (AvgIpc) is 2.35. The second-order valence-corrected chi connectivity index (χ2v) is 8.27. The van der Waals surface area contributed by atoms with E-state index in [0.717, 1.165) is 12.8 Å². The predicted molar refractivity (Wildman–Crippen MR) is 94.5 cm³/mol. The van der Waals surface area contributed by atoms with Gasteiger partial charge >= 0.3 is 0 Å². The fourth-order valence-corrected chi connectivity index (χ4v) is 3.93. The van der Waals surface area contributed by atoms with Gasteiger partial charge in [0.1, 0.15) is 0 Å². The molecule has 1 aliphatic rings. The summed E-state index contributed by atoms with van der Waals surface area (Å²) >= 11 is 0. The first-order chi connectivity index (χ1) is 10.6. The molecule has 0 bridgehead atoms. The number of hydrogen-bond donors (Lipinski definition) is 1. The van der Waals surface area contributed by atoms with Crippen molar-refractivity contribution in [1.29, 1.82) is 0 Å². The molecule has 0 aliphatic carbocycles. The molecule has 1 aliphatic heterocycles. The van der Waals surface area contributed by atoms with Gasteiger partial charge in [0.2, 0.25) is 0 Å². The van der Waals surface area contributed by atoms with E-state index in [4.69, 9.17) is 14.3 Å². The molecule has 0 amide bonds. The Bertz CT molecular complexity index is 327. The van der Waals surface area contributed by atoms with Gasteiger partial charge in [-0.25, -0.2) is 0 Å². The third-order valence-electron chi connectivity index (χ3n) is 4.34. The Morgan fingerprint density at radius 2 is 1.61 bits per heavy atom. The average molecular weight is 331 g/mol. The first-order valence-corrected chi connectivity index (χ1v) is 8.88. The highest BCUT2D eigenvalue weighted by Gasteiger charge is 2.46. The van der Waals surface area contributed by atoms with Crippen LogP contribution in [0.4, 0.5) is 0 Å². The molecule has 1 N–H and O–H groups in total. The molecule has 1 heterocycles. The SMILES string of the molecule is CON1C(C)(C)CC(NC(C)COCCOC(C)C)CC1(C)C. The van der Waals surface area contributed by atoms with E-state index in [0.29, 0.717) is 31.9 Å². The van der Waals surface area contributed by atoms with Crippen LogP contribution >= 0.6 is 0 Å². The van der Waals surface area contributed by atoms with E-state index in [2.05, 4.69) is 45.0 Å². The summed E-state index contributed by atoms with van der Waals surface area (Å²) in [5.74, 6) is 0. The summed E-state index contributed by atoms with van der Waals surface area (Å²) in [4.78, 5) is 5.65. The van der Waals surface area contributed by atoms with Crippen LogP contribution in [0.2, 0.25) is 0 Å². The van der Waals surface area contributed by atoms with Crippen molar-refractivity contribution in [3.8, 4) is 0 Å². The van der Waals surface area contributed by atoms with E-state index in [1.165, 1.54) is 0 Å². The van der Waals surface area contributed by atoms with Crippen molar-refractivity contribution in [2.24, 2.45) is 0 Å². The number of hydrogen-bond acceptors (Lipinski definition) is 5. The molecule has 0 saturated carbocycles. The van der Waals surface area contributed by atoms with Crippen LogP contribution in [0.1, 0.15) is 61.3 Å². The van der Waals surface area contributed by atoms with Gasteiger partial charge in [-0.15, -0.1) is 0 Å². The van der Waals surface area contributed by atoms with Gasteiger partial charge < -0.3 is 19.6 Å². The van der Waals surface area contributed by atoms with Crippen LogP contribution in [-0.2, 0) is 14.3 Å². The second-order valence-electron chi connectivity index (χ2n) is 8.27. The van der Waals surface area contributed by atoms with Gasteiger partial charge in [-0.2, -0.15) is 5.06 Å². The van der Waals surface area contributed by atoms with E-state index in [1.54, 1.807) is 7.11 Å². The molecule has 138 valence electrons. The molecular weight excluding hydrogens is 292 g/mol. The smallest absolute Gasteiger partial charge is 0.0703 e. The predicted octanol–water partition coefficient (Wildman–Crippen LogP) is 2.99. The van der Waals surface area contributed by atoms with Crippen LogP contribution in [-0.4, -0.2) is 61.3 Å². The quantitative estimate of drug-likeness (QED) is 0.658. The van der Waals surface area contributed by atoms with E-state index in [-0.39, 0.29) is 17.2 Å². The number of piperidine rings is 1. The number of ether oxygens (including phenoxy) is 2. The topological polar surface area (TPSA) is 43.0 Å². The van der Waals surface area contributed by atoms with E-state index < -0.39 is 0 Å². The molecule has 1 saturated heterocycles. The normalized spacial score (nSPS) is 23.3. The zero-order valence-corrected chi connectivity index (χ0v) is 16.4. The van der Waals surface area contributed by atoms with Gasteiger partial charge in [0.15, 0.2) is 0 Å². The summed E-state index contributed by atoms with van der Waals surface area (Å²) in [6.45, 7) is 17.3. The molecule has 0 aromatic heterocycles. The Hall–Kier alpha value is -0.200. The first-order valence-electron chi connectivity index (χ1n) is 8.88. The summed E-state index contributed by atoms with van der Waals surface area (Å²) in [5, 5.41) is 5.87. The lowest BCUT2D eigenvalue weighted by atomic mass is 9.78. The van der Waals surface area contributed by atoms with Crippen LogP contribution in [0, 0.1) is 0 Å². The lowest BCUT2D eigenvalue weighted by molar-refractivity contribution is -0.267. The highest BCUT2D eigenvalue weighted by atomic mass is 16.7. The molecule has 0 aromatic rings. The molecule has 5 nitrogen and oxygen atoms in total. The summed E-state index contributed by atoms with van der Waals surface area (Å²) in [6, 6.07) is 0.802. The maximum Gasteiger partial charge on any atom is 0.0703 e. The highest BCUT2D eigenvalue weighted by molar-refractivity contribution is 4.99. The third-order valence-corrected chi connectivity index (χ3v) is 4.34. The molecule has 0 aromatic carbocycles. The minimum absolute atomic E-state index is 0.0137. The second kappa shape index (κ2) is 8.77. The summed E-state index contributed by atoms with van der Waals surface area (Å²) < 4.78 is 11.2. The van der Waals surface area contributed by atoms with E-state index in [1.807, 2.05) is 13.8 Å². The van der Waals surface area contributed by atoms with Crippen molar-refractivity contribution in [2.45, 2.75) is 90.6 Å². The first kappa shape index (κ1) is 20.8. The Labute approximate surface area is 143 Å². The van der Waals surface area contributed by atoms with Crippen LogP contribution in [0.15, 0.2) is 0 Å². The van der Waals surface area contributed by atoms with Crippen LogP contribution in [0.5, 0.6) is 0 Å². The molecule has 23 heavy (non-hydrogen) atoms. The largest absolute Gasteiger partial charge is 0.377 e. The molecule has 0 radical (unpaired) electrons. The van der Waals surface area contributed by atoms with E-state index in [9.17, 15) is 0 Å². The summed E-state index contributed by atoms with van der Waals surface area (Å²) in [6.07, 6.45) is 2.39. The Balaban J connectivity index is 2.39. The number of nitrogens with zero attached hydrogens (tertiary/aromatic N) is 1. The molecule has 5 heteroatoms. The molecular formula is C18H38N2O3. The monoisotopic (exact) mass is 330 g/mol. The van der Waals surface area contributed by atoms with Gasteiger partial charge in [-0.3, -0.25) is 0 Å². The Kier molecular flexibility index (Phi) is 7.94. The van der Waals surface area contributed by atoms with Gasteiger partial charge in [0.25, 0.3) is 0 Å². The van der Waals surface area contributed by atoms with Crippen molar-refractivity contribution >= 4 is 0 Å². The van der Waals surface area contributed by atoms with Crippen molar-refractivity contribution in [3.05, 3.63) is 0 Å². The zero-order valence-electron chi connectivity index (χ0n) is 16.4. The molecule has 1 fully saturated rings. The zero-order chi connectivity index (χ0) is 17.7. The Morgan fingerprint density at radius 3 is 2.09 bits per heavy atom. The van der Waals surface area contributed by atoms with Crippen molar-refractivity contribution in [2.75, 3.05) is 26.9 Å². The highest BCUT2D eigenvalue weighted by Crippen LogP contribution is 2.38. The third kappa shape index (κ3) is 6.67. The number of hydroxylamine groups is 2. The molecule has 1 unspecified atom stereocenters. The molecule has 0 spiro atoms. The summed E-state index contributed by atoms with van der Waals surface area (Å²) in [7, 11) is 1.77. The maximum absolute atomic E-state index is 5.71. The fourth-order valence-electron chi connectivity index (χ4n) is 3.93. The lowest BCUT2D eigenvalue weighted by Gasteiger charge is -2.53. The Morgan fingerprint density at radius 1 is 1.04 bits per heavy atom. The molecule has 1 rings (SSSR count). The number of nitrogens with one attached hydrogen (secondary N) is 1. The van der Waals surface area contributed by atoms with Gasteiger partial charge in [-0.05, 0) is 61.3 Å². The molecule has 1 atom stereocenters. The van der Waals surface area contributed by atoms with Gasteiger partial charge in [0, 0.05) is 23.2 Å². The lowest BCUT2D eigenvalue weighted by Crippen LogP contribution is -2.64. The minimum Gasteiger partial charge on any atom is -0.377 e. The maximum atomic E-state index is 5.71. The van der Waals surface area contributed by atoms with Gasteiger partial charge in [-0.1, -0.05) is 0 Å². The van der Waals surface area contributed by atoms with Gasteiger partial charge in [0.05, 0.1) is 33.0 Å². The number of rotatable bonds is 9. The fraction of sp³-hybridized carbons (Fsp3) is 1.00. The van der Waals surface area contributed by atoms with Crippen LogP contribution in [0.3, 0.4) is 0 Å². The minimum atomic E-state index is 0.0137. The van der Waals surface area contributed by atoms with Crippen LogP contribution < -0.4 is 5.32 Å². The van der Waals surface area contributed by atoms with Crippen molar-refractivity contribution < 1.29 is 14.3 Å². The standard InChI is InChI=1S/C18H38N2O3/c1-14(2)23-10-9-22-13-15(3)19-16-11-17(4,5)20(21-8)18(6,7)12-16/h14-16,19H,9-13H2,1-8H3. The summed E-state index contributed by atoms with van der Waals surface area (Å²) in [5.41, 5.74) is 0.0275. The van der Waals surface area contributed by atoms with Crippen molar-refractivity contribution in [3.63, 3.8) is 0 Å². The van der Waals surface area contributed by atoms with Crippen molar-refractivity contribution in [1.82, 2.24) is 10.4 Å². The van der Waals surface area contributed by atoms with Crippen LogP contribution in [0.25, 0.3) is 0 Å². The van der Waals surface area contributed by atoms with E-state index >= 15 is 0 Å².